The molecule has 1 aromatic carbocycles. The number of hydrogen-bond donors (Lipinski definition) is 2. The third-order valence-electron chi connectivity index (χ3n) is 3.66. The fraction of sp³-hybridized carbons (Fsp3) is 0.471. The molecule has 1 heterocycles. The number of anilines is 1. The van der Waals surface area contributed by atoms with Crippen LogP contribution in [0, 0.1) is 12.8 Å². The highest BCUT2D eigenvalue weighted by molar-refractivity contribution is 5.91. The van der Waals surface area contributed by atoms with E-state index in [1.54, 1.807) is 0 Å². The number of pyridine rings is 1. The van der Waals surface area contributed by atoms with Gasteiger partial charge in [-0.15, -0.1) is 0 Å². The van der Waals surface area contributed by atoms with Crippen LogP contribution in [0.1, 0.15) is 31.9 Å². The van der Waals surface area contributed by atoms with Crippen molar-refractivity contribution in [3.63, 3.8) is 0 Å². The van der Waals surface area contributed by atoms with Crippen LogP contribution in [-0.2, 0) is 0 Å². The summed E-state index contributed by atoms with van der Waals surface area (Å²) in [7, 11) is 0. The molecular weight excluding hydrogens is 248 g/mol. The Hall–Kier alpha value is -1.61. The molecule has 0 saturated carbocycles. The van der Waals surface area contributed by atoms with Crippen LogP contribution in [0.2, 0.25) is 0 Å². The van der Waals surface area contributed by atoms with E-state index in [4.69, 9.17) is 5.11 Å². The molecular formula is C17H24N2O. The lowest BCUT2D eigenvalue weighted by Gasteiger charge is -2.18. The van der Waals surface area contributed by atoms with Crippen LogP contribution < -0.4 is 5.32 Å². The van der Waals surface area contributed by atoms with E-state index in [0.29, 0.717) is 5.92 Å². The van der Waals surface area contributed by atoms with Gasteiger partial charge in [-0.05, 0) is 37.8 Å². The average Bonchev–Trinajstić information content (AvgIpc) is 2.44. The third-order valence-corrected chi connectivity index (χ3v) is 3.66. The van der Waals surface area contributed by atoms with E-state index in [0.717, 1.165) is 48.1 Å². The summed E-state index contributed by atoms with van der Waals surface area (Å²) in [6.45, 7) is 5.38. The summed E-state index contributed by atoms with van der Waals surface area (Å²) in [6.07, 6.45) is 3.17. The molecule has 1 aromatic heterocycles. The fourth-order valence-electron chi connectivity index (χ4n) is 2.65. The van der Waals surface area contributed by atoms with Crippen molar-refractivity contribution in [1.82, 2.24) is 4.98 Å². The molecule has 20 heavy (non-hydrogen) atoms. The number of nitrogens with zero attached hydrogens (tertiary/aromatic N) is 1. The first-order chi connectivity index (χ1) is 9.74. The maximum atomic E-state index is 9.14. The first-order valence-corrected chi connectivity index (χ1v) is 7.45. The Bertz CT molecular complexity index is 548. The lowest BCUT2D eigenvalue weighted by atomic mass is 10.00. The van der Waals surface area contributed by atoms with Crippen LogP contribution in [0.25, 0.3) is 10.9 Å². The van der Waals surface area contributed by atoms with Crippen LogP contribution >= 0.6 is 0 Å². The number of aryl methyl sites for hydroxylation is 1. The number of benzene rings is 1. The van der Waals surface area contributed by atoms with E-state index in [1.807, 2.05) is 25.1 Å². The molecule has 0 aliphatic heterocycles. The predicted molar refractivity (Wildman–Crippen MR) is 85.1 cm³/mol. The maximum Gasteiger partial charge on any atom is 0.0725 e. The van der Waals surface area contributed by atoms with E-state index in [2.05, 4.69) is 29.4 Å². The van der Waals surface area contributed by atoms with Crippen LogP contribution in [-0.4, -0.2) is 23.2 Å². The van der Waals surface area contributed by atoms with E-state index in [9.17, 15) is 0 Å². The number of fused-ring (bicyclic) bond motifs is 1. The fourth-order valence-corrected chi connectivity index (χ4v) is 2.65. The van der Waals surface area contributed by atoms with Crippen molar-refractivity contribution in [3.8, 4) is 0 Å². The van der Waals surface area contributed by atoms with Crippen LogP contribution in [0.15, 0.2) is 30.3 Å². The highest BCUT2D eigenvalue weighted by Gasteiger charge is 2.09. The molecule has 0 fully saturated rings. The van der Waals surface area contributed by atoms with Crippen LogP contribution in [0.5, 0.6) is 0 Å². The monoisotopic (exact) mass is 272 g/mol. The minimum atomic E-state index is 0.266. The van der Waals surface area contributed by atoms with Gasteiger partial charge in [-0.1, -0.05) is 31.5 Å². The molecule has 2 aromatic rings. The summed E-state index contributed by atoms with van der Waals surface area (Å²) in [4.78, 5) is 4.56. The lowest BCUT2D eigenvalue weighted by molar-refractivity contribution is 0.255. The van der Waals surface area contributed by atoms with Gasteiger partial charge in [0.2, 0.25) is 0 Å². The van der Waals surface area contributed by atoms with Crippen molar-refractivity contribution >= 4 is 16.6 Å². The first-order valence-electron chi connectivity index (χ1n) is 7.45. The summed E-state index contributed by atoms with van der Waals surface area (Å²) in [5.41, 5.74) is 3.21. The second-order valence-corrected chi connectivity index (χ2v) is 5.38. The van der Waals surface area contributed by atoms with Crippen molar-refractivity contribution in [2.75, 3.05) is 18.5 Å². The largest absolute Gasteiger partial charge is 0.396 e. The zero-order chi connectivity index (χ0) is 14.4. The van der Waals surface area contributed by atoms with E-state index in [-0.39, 0.29) is 6.61 Å². The molecule has 0 radical (unpaired) electrons. The minimum Gasteiger partial charge on any atom is -0.396 e. The normalized spacial score (nSPS) is 12.6. The van der Waals surface area contributed by atoms with Gasteiger partial charge in [0.25, 0.3) is 0 Å². The molecule has 1 atom stereocenters. The molecule has 0 amide bonds. The summed E-state index contributed by atoms with van der Waals surface area (Å²) < 4.78 is 0. The number of aromatic nitrogens is 1. The topological polar surface area (TPSA) is 45.1 Å². The number of nitrogens with one attached hydrogen (secondary N) is 1. The zero-order valence-electron chi connectivity index (χ0n) is 12.4. The number of aliphatic hydroxyl groups excluding tert-OH is 1. The Morgan fingerprint density at radius 1 is 1.25 bits per heavy atom. The SMILES string of the molecule is CCCC(CCO)CNc1cc(C)nc2ccccc12. The van der Waals surface area contributed by atoms with Gasteiger partial charge in [-0.25, -0.2) is 0 Å². The first kappa shape index (κ1) is 14.8. The van der Waals surface area contributed by atoms with Gasteiger partial charge in [0.05, 0.1) is 5.52 Å². The molecule has 0 saturated heterocycles. The van der Waals surface area contributed by atoms with Crippen molar-refractivity contribution in [3.05, 3.63) is 36.0 Å². The predicted octanol–water partition coefficient (Wildman–Crippen LogP) is 3.75. The van der Waals surface area contributed by atoms with E-state index < -0.39 is 0 Å². The van der Waals surface area contributed by atoms with Gasteiger partial charge in [-0.2, -0.15) is 0 Å². The molecule has 108 valence electrons. The smallest absolute Gasteiger partial charge is 0.0725 e. The highest BCUT2D eigenvalue weighted by Crippen LogP contribution is 2.23. The second kappa shape index (κ2) is 7.25. The van der Waals surface area contributed by atoms with Gasteiger partial charge in [0, 0.05) is 29.9 Å². The standard InChI is InChI=1S/C17H24N2O/c1-3-6-14(9-10-20)12-18-17-11-13(2)19-16-8-5-4-7-15(16)17/h4-5,7-8,11,14,20H,3,6,9-10,12H2,1-2H3,(H,18,19). The van der Waals surface area contributed by atoms with Crippen LogP contribution in [0.4, 0.5) is 5.69 Å². The van der Waals surface area contributed by atoms with Crippen LogP contribution in [0.3, 0.4) is 0 Å². The molecule has 0 aliphatic carbocycles. The summed E-state index contributed by atoms with van der Waals surface area (Å²) >= 11 is 0. The van der Waals surface area contributed by atoms with Crippen molar-refractivity contribution in [2.45, 2.75) is 33.1 Å². The molecule has 3 heteroatoms. The van der Waals surface area contributed by atoms with Gasteiger partial charge < -0.3 is 10.4 Å². The van der Waals surface area contributed by atoms with E-state index >= 15 is 0 Å². The van der Waals surface area contributed by atoms with Gasteiger partial charge in [0.1, 0.15) is 0 Å². The number of aliphatic hydroxyl groups is 1. The molecule has 0 spiro atoms. The summed E-state index contributed by atoms with van der Waals surface area (Å²) in [5, 5.41) is 13.8. The maximum absolute atomic E-state index is 9.14. The summed E-state index contributed by atoms with van der Waals surface area (Å²) in [6, 6.07) is 10.3. The van der Waals surface area contributed by atoms with E-state index in [1.165, 1.54) is 0 Å². The third kappa shape index (κ3) is 3.70. The Labute approximate surface area is 121 Å². The number of para-hydroxylation sites is 1. The Morgan fingerprint density at radius 2 is 2.05 bits per heavy atom. The van der Waals surface area contributed by atoms with Crippen molar-refractivity contribution < 1.29 is 5.11 Å². The number of hydrogen-bond acceptors (Lipinski definition) is 3. The second-order valence-electron chi connectivity index (χ2n) is 5.38. The Kier molecular flexibility index (Phi) is 5.36. The molecule has 0 bridgehead atoms. The van der Waals surface area contributed by atoms with Crippen molar-refractivity contribution in [2.24, 2.45) is 5.92 Å². The van der Waals surface area contributed by atoms with Crippen molar-refractivity contribution in [1.29, 1.82) is 0 Å². The molecule has 2 N–H and O–H groups in total. The van der Waals surface area contributed by atoms with Gasteiger partial charge >= 0.3 is 0 Å². The molecule has 1 unspecified atom stereocenters. The molecule has 2 rings (SSSR count). The molecule has 0 aliphatic rings. The minimum absolute atomic E-state index is 0.266. The highest BCUT2D eigenvalue weighted by atomic mass is 16.3. The summed E-state index contributed by atoms with van der Waals surface area (Å²) in [5.74, 6) is 0.525. The average molecular weight is 272 g/mol. The molecule has 3 nitrogen and oxygen atoms in total. The Morgan fingerprint density at radius 3 is 2.80 bits per heavy atom. The Balaban J connectivity index is 2.16. The van der Waals surface area contributed by atoms with Gasteiger partial charge in [-0.3, -0.25) is 4.98 Å². The van der Waals surface area contributed by atoms with Gasteiger partial charge in [0.15, 0.2) is 0 Å². The number of rotatable bonds is 7. The quantitative estimate of drug-likeness (QED) is 0.806. The lowest BCUT2D eigenvalue weighted by Crippen LogP contribution is -2.16. The zero-order valence-corrected chi connectivity index (χ0v) is 12.4.